The molecule has 0 aliphatic carbocycles. The van der Waals surface area contributed by atoms with E-state index < -0.39 is 30.3 Å². The van der Waals surface area contributed by atoms with Crippen molar-refractivity contribution >= 4 is 0 Å². The summed E-state index contributed by atoms with van der Waals surface area (Å²) in [5, 5.41) is 36.4. The van der Waals surface area contributed by atoms with Gasteiger partial charge >= 0.3 is 0 Å². The fourth-order valence-corrected chi connectivity index (χ4v) is 1.18. The number of aliphatic hydroxyl groups excluding tert-OH is 3. The molecule has 2 unspecified atom stereocenters. The second-order valence-corrected chi connectivity index (χ2v) is 3.06. The highest BCUT2D eigenvalue weighted by Crippen LogP contribution is 2.29. The number of hydrogen-bond acceptors (Lipinski definition) is 6. The summed E-state index contributed by atoms with van der Waals surface area (Å²) in [6.45, 7) is 1.18. The highest BCUT2D eigenvalue weighted by Gasteiger charge is 2.51. The fraction of sp³-hybridized carbons (Fsp3) is 1.00. The van der Waals surface area contributed by atoms with Crippen LogP contribution in [0.25, 0.3) is 0 Å². The predicted molar refractivity (Wildman–Crippen MR) is 37.7 cm³/mol. The fourth-order valence-electron chi connectivity index (χ4n) is 1.18. The van der Waals surface area contributed by atoms with E-state index in [1.165, 1.54) is 6.92 Å². The van der Waals surface area contributed by atoms with Crippen LogP contribution in [0.3, 0.4) is 0 Å². The summed E-state index contributed by atoms with van der Waals surface area (Å²) in [7, 11) is 0. The highest BCUT2D eigenvalue weighted by molar-refractivity contribution is 4.94. The molecule has 1 saturated heterocycles. The predicted octanol–water partition coefficient (Wildman–Crippen LogP) is -2.91. The van der Waals surface area contributed by atoms with Crippen LogP contribution in [-0.2, 0) is 4.74 Å². The molecular formula is C6H13NO5. The molecule has 6 heteroatoms. The molecule has 6 nitrogen and oxygen atoms in total. The van der Waals surface area contributed by atoms with E-state index in [1.54, 1.807) is 0 Å². The molecule has 12 heavy (non-hydrogen) atoms. The van der Waals surface area contributed by atoms with E-state index in [4.69, 9.17) is 20.7 Å². The first-order valence-corrected chi connectivity index (χ1v) is 3.56. The quantitative estimate of drug-likeness (QED) is 0.276. The van der Waals surface area contributed by atoms with Gasteiger partial charge in [0.15, 0.2) is 5.79 Å². The molecule has 0 aromatic heterocycles. The van der Waals surface area contributed by atoms with Gasteiger partial charge in [-0.05, 0) is 6.92 Å². The Bertz CT molecular complexity index is 171. The third-order valence-corrected chi connectivity index (χ3v) is 1.92. The first-order valence-electron chi connectivity index (χ1n) is 3.56. The van der Waals surface area contributed by atoms with Gasteiger partial charge in [-0.3, -0.25) is 0 Å². The van der Waals surface area contributed by atoms with E-state index >= 15 is 0 Å². The smallest absolute Gasteiger partial charge is 0.192 e. The Morgan fingerprint density at radius 2 is 2.00 bits per heavy atom. The summed E-state index contributed by atoms with van der Waals surface area (Å²) < 4.78 is 4.72. The summed E-state index contributed by atoms with van der Waals surface area (Å²) in [4.78, 5) is 0. The second kappa shape index (κ2) is 2.91. The Hall–Kier alpha value is -0.240. The molecule has 0 aromatic carbocycles. The van der Waals surface area contributed by atoms with Crippen LogP contribution in [0, 0.1) is 0 Å². The number of rotatable bonds is 1. The van der Waals surface area contributed by atoms with Crippen molar-refractivity contribution in [3.8, 4) is 0 Å². The molecule has 1 aliphatic heterocycles. The summed E-state index contributed by atoms with van der Waals surface area (Å²) in [6.07, 6.45) is -5.42. The number of nitrogens with two attached hydrogens (primary N) is 1. The maximum Gasteiger partial charge on any atom is 0.192 e. The zero-order valence-corrected chi connectivity index (χ0v) is 6.58. The van der Waals surface area contributed by atoms with Gasteiger partial charge < -0.3 is 30.9 Å². The minimum absolute atomic E-state index is 1.16. The lowest BCUT2D eigenvalue weighted by molar-refractivity contribution is -0.224. The summed E-state index contributed by atoms with van der Waals surface area (Å²) in [5.74, 6) is -1.86. The molecule has 0 saturated carbocycles. The largest absolute Gasteiger partial charge is 0.387 e. The topological polar surface area (TPSA) is 116 Å². The van der Waals surface area contributed by atoms with Crippen LogP contribution in [0.5, 0.6) is 0 Å². The second-order valence-electron chi connectivity index (χ2n) is 3.06. The van der Waals surface area contributed by atoms with Gasteiger partial charge in [-0.15, -0.1) is 0 Å². The van der Waals surface area contributed by atoms with Crippen molar-refractivity contribution in [2.45, 2.75) is 37.3 Å². The lowest BCUT2D eigenvalue weighted by atomic mass is 10.1. The molecule has 0 amide bonds. The first kappa shape index (κ1) is 9.85. The molecule has 0 spiro atoms. The van der Waals surface area contributed by atoms with Crippen LogP contribution in [0.1, 0.15) is 6.92 Å². The van der Waals surface area contributed by atoms with Gasteiger partial charge in [0.05, 0.1) is 0 Å². The number of aliphatic hydroxyl groups is 4. The van der Waals surface area contributed by atoms with Crippen LogP contribution in [0.4, 0.5) is 0 Å². The standard InChI is InChI=1S/C6H13NO5/c1-6(11)4(9)2(8)3(12-6)5(7)10/h2-5,8-11H,7H2,1H3/t2-,3-,4+,5?,6?/m0/s1. The van der Waals surface area contributed by atoms with Crippen molar-refractivity contribution in [1.29, 1.82) is 0 Å². The molecular weight excluding hydrogens is 166 g/mol. The molecule has 1 heterocycles. The molecule has 6 N–H and O–H groups in total. The Morgan fingerprint density at radius 3 is 2.17 bits per heavy atom. The van der Waals surface area contributed by atoms with Crippen LogP contribution >= 0.6 is 0 Å². The molecule has 72 valence electrons. The van der Waals surface area contributed by atoms with Gasteiger partial charge in [0, 0.05) is 0 Å². The summed E-state index contributed by atoms with van der Waals surface area (Å²) in [6, 6.07) is 0. The zero-order chi connectivity index (χ0) is 9.52. The Balaban J connectivity index is 2.74. The van der Waals surface area contributed by atoms with Gasteiger partial charge in [0.1, 0.15) is 24.5 Å². The van der Waals surface area contributed by atoms with Crippen molar-refractivity contribution in [3.05, 3.63) is 0 Å². The van der Waals surface area contributed by atoms with Gasteiger partial charge in [-0.2, -0.15) is 0 Å². The lowest BCUT2D eigenvalue weighted by Gasteiger charge is -2.20. The average molecular weight is 179 g/mol. The maximum absolute atomic E-state index is 9.25. The van der Waals surface area contributed by atoms with E-state index in [2.05, 4.69) is 0 Å². The molecule has 1 rings (SSSR count). The van der Waals surface area contributed by atoms with Crippen molar-refractivity contribution in [2.75, 3.05) is 0 Å². The number of hydrogen-bond donors (Lipinski definition) is 5. The third kappa shape index (κ3) is 1.45. The minimum atomic E-state index is -1.86. The normalized spacial score (nSPS) is 51.0. The third-order valence-electron chi connectivity index (χ3n) is 1.92. The molecule has 5 atom stereocenters. The van der Waals surface area contributed by atoms with E-state index in [9.17, 15) is 10.2 Å². The maximum atomic E-state index is 9.25. The molecule has 0 bridgehead atoms. The summed E-state index contributed by atoms with van der Waals surface area (Å²) in [5.41, 5.74) is 5.02. The van der Waals surface area contributed by atoms with Crippen LogP contribution < -0.4 is 5.73 Å². The monoisotopic (exact) mass is 179 g/mol. The Morgan fingerprint density at radius 1 is 1.50 bits per heavy atom. The van der Waals surface area contributed by atoms with Crippen LogP contribution in [0.15, 0.2) is 0 Å². The van der Waals surface area contributed by atoms with Crippen molar-refractivity contribution in [3.63, 3.8) is 0 Å². The van der Waals surface area contributed by atoms with Gasteiger partial charge in [0.2, 0.25) is 0 Å². The minimum Gasteiger partial charge on any atom is -0.387 e. The van der Waals surface area contributed by atoms with Crippen molar-refractivity contribution in [2.24, 2.45) is 5.73 Å². The van der Waals surface area contributed by atoms with Gasteiger partial charge in [-0.25, -0.2) is 0 Å². The van der Waals surface area contributed by atoms with Crippen LogP contribution in [-0.4, -0.2) is 50.8 Å². The van der Waals surface area contributed by atoms with Crippen LogP contribution in [0.2, 0.25) is 0 Å². The zero-order valence-electron chi connectivity index (χ0n) is 6.58. The van der Waals surface area contributed by atoms with Gasteiger partial charge in [0.25, 0.3) is 0 Å². The first-order chi connectivity index (χ1) is 5.36. The highest BCUT2D eigenvalue weighted by atomic mass is 16.7. The average Bonchev–Trinajstić information content (AvgIpc) is 2.14. The van der Waals surface area contributed by atoms with E-state index in [0.29, 0.717) is 0 Å². The Kier molecular flexibility index (Phi) is 2.39. The number of ether oxygens (including phenoxy) is 1. The SMILES string of the molecule is CC1(O)O[C@H](C(N)O)[C@H](O)[C@H]1O. The summed E-state index contributed by atoms with van der Waals surface area (Å²) >= 11 is 0. The molecule has 1 aliphatic rings. The molecule has 0 radical (unpaired) electrons. The molecule has 0 aromatic rings. The van der Waals surface area contributed by atoms with Crippen molar-refractivity contribution in [1.82, 2.24) is 0 Å². The Labute approximate surface area is 69.2 Å². The van der Waals surface area contributed by atoms with Gasteiger partial charge in [-0.1, -0.05) is 0 Å². The van der Waals surface area contributed by atoms with E-state index in [-0.39, 0.29) is 0 Å². The van der Waals surface area contributed by atoms with E-state index in [1.807, 2.05) is 0 Å². The lowest BCUT2D eigenvalue weighted by Crippen LogP contribution is -2.43. The molecule has 1 fully saturated rings. The van der Waals surface area contributed by atoms with E-state index in [0.717, 1.165) is 0 Å². The van der Waals surface area contributed by atoms with Crippen molar-refractivity contribution < 1.29 is 25.2 Å².